The maximum Gasteiger partial charge on any atom is 0.341 e. The third-order valence-corrected chi connectivity index (χ3v) is 6.93. The molecule has 0 fully saturated rings. The van der Waals surface area contributed by atoms with Gasteiger partial charge in [-0.3, -0.25) is 4.79 Å². The number of ketones is 1. The number of carbonyl (C=O) groups excluding carboxylic acids is 2. The summed E-state index contributed by atoms with van der Waals surface area (Å²) >= 11 is 1.40. The summed E-state index contributed by atoms with van der Waals surface area (Å²) in [7, 11) is 0. The van der Waals surface area contributed by atoms with Crippen LogP contribution in [0.4, 0.5) is 0 Å². The highest BCUT2D eigenvalue weighted by Gasteiger charge is 2.22. The van der Waals surface area contributed by atoms with Crippen molar-refractivity contribution < 1.29 is 29.3 Å². The fraction of sp³-hybridized carbons (Fsp3) is 0.0667. The number of aromatic hydroxyl groups is 2. The van der Waals surface area contributed by atoms with Gasteiger partial charge in [0.2, 0.25) is 6.29 Å². The van der Waals surface area contributed by atoms with Crippen molar-refractivity contribution in [2.75, 3.05) is 0 Å². The molecule has 0 radical (unpaired) electrons. The Morgan fingerprint density at radius 2 is 1.46 bits per heavy atom. The summed E-state index contributed by atoms with van der Waals surface area (Å²) in [6.07, 6.45) is -0.830. The van der Waals surface area contributed by atoms with Crippen molar-refractivity contribution in [3.8, 4) is 27.7 Å². The zero-order valence-corrected chi connectivity index (χ0v) is 20.6. The summed E-state index contributed by atoms with van der Waals surface area (Å²) in [5.74, 6) is 0.0270. The number of ether oxygens (including phenoxy) is 2. The lowest BCUT2D eigenvalue weighted by Gasteiger charge is -2.15. The fourth-order valence-electron chi connectivity index (χ4n) is 3.96. The maximum absolute atomic E-state index is 13.7. The molecule has 4 aromatic carbocycles. The lowest BCUT2D eigenvalue weighted by molar-refractivity contribution is -0.0371. The Kier molecular flexibility index (Phi) is 6.62. The van der Waals surface area contributed by atoms with E-state index >= 15 is 0 Å². The van der Waals surface area contributed by atoms with E-state index in [4.69, 9.17) is 9.47 Å². The van der Waals surface area contributed by atoms with Gasteiger partial charge >= 0.3 is 5.97 Å². The molecule has 0 spiro atoms. The van der Waals surface area contributed by atoms with Gasteiger partial charge in [0, 0.05) is 33.0 Å². The second kappa shape index (κ2) is 10.2. The molecule has 2 N–H and O–H groups in total. The topological polar surface area (TPSA) is 93.1 Å². The second-order valence-corrected chi connectivity index (χ2v) is 9.40. The molecule has 0 saturated carbocycles. The first kappa shape index (κ1) is 24.1. The van der Waals surface area contributed by atoms with Gasteiger partial charge in [0.05, 0.1) is 5.56 Å². The first-order chi connectivity index (χ1) is 17.9. The van der Waals surface area contributed by atoms with Crippen LogP contribution < -0.4 is 4.74 Å². The number of fused-ring (bicyclic) bond motifs is 1. The maximum atomic E-state index is 13.7. The molecule has 7 heteroatoms. The summed E-state index contributed by atoms with van der Waals surface area (Å²) in [4.78, 5) is 26.7. The predicted molar refractivity (Wildman–Crippen MR) is 142 cm³/mol. The first-order valence-corrected chi connectivity index (χ1v) is 12.3. The number of phenolic OH excluding ortho intramolecular Hbond substituents is 2. The van der Waals surface area contributed by atoms with Gasteiger partial charge in [-0.15, -0.1) is 11.3 Å². The van der Waals surface area contributed by atoms with Crippen LogP contribution in [0.5, 0.6) is 17.2 Å². The van der Waals surface area contributed by atoms with Gasteiger partial charge in [-0.2, -0.15) is 0 Å². The molecule has 37 heavy (non-hydrogen) atoms. The number of hydrogen-bond donors (Lipinski definition) is 2. The van der Waals surface area contributed by atoms with E-state index in [0.29, 0.717) is 22.4 Å². The number of carbonyl (C=O) groups is 2. The number of hydrogen-bond acceptors (Lipinski definition) is 7. The van der Waals surface area contributed by atoms with E-state index in [1.807, 2.05) is 6.07 Å². The molecule has 0 bridgehead atoms. The Hall–Kier alpha value is -4.62. The third-order valence-electron chi connectivity index (χ3n) is 5.73. The van der Waals surface area contributed by atoms with Gasteiger partial charge in [-0.25, -0.2) is 4.79 Å². The predicted octanol–water partition coefficient (Wildman–Crippen LogP) is 6.79. The van der Waals surface area contributed by atoms with Crippen molar-refractivity contribution in [1.82, 2.24) is 0 Å². The molecular weight excluding hydrogens is 488 g/mol. The molecule has 1 aromatic heterocycles. The molecule has 5 rings (SSSR count). The molecule has 0 aliphatic heterocycles. The number of thiophene rings is 1. The summed E-state index contributed by atoms with van der Waals surface area (Å²) < 4.78 is 11.8. The zero-order valence-electron chi connectivity index (χ0n) is 19.8. The molecule has 1 heterocycles. The second-order valence-electron chi connectivity index (χ2n) is 8.34. The van der Waals surface area contributed by atoms with E-state index in [2.05, 4.69) is 0 Å². The molecule has 0 saturated heterocycles. The smallest absolute Gasteiger partial charge is 0.341 e. The highest BCUT2D eigenvalue weighted by atomic mass is 32.1. The van der Waals surface area contributed by atoms with Crippen molar-refractivity contribution in [2.24, 2.45) is 0 Å². The molecule has 1 unspecified atom stereocenters. The largest absolute Gasteiger partial charge is 0.508 e. The molecule has 0 amide bonds. The minimum absolute atomic E-state index is 0.119. The minimum atomic E-state index is -0.830. The van der Waals surface area contributed by atoms with Gasteiger partial charge in [0.25, 0.3) is 0 Å². The van der Waals surface area contributed by atoms with Crippen LogP contribution in [-0.4, -0.2) is 28.3 Å². The van der Waals surface area contributed by atoms with E-state index < -0.39 is 12.3 Å². The van der Waals surface area contributed by atoms with Crippen LogP contribution in [0.15, 0.2) is 97.1 Å². The van der Waals surface area contributed by atoms with Crippen LogP contribution in [0.25, 0.3) is 20.5 Å². The van der Waals surface area contributed by atoms with Crippen molar-refractivity contribution in [3.63, 3.8) is 0 Å². The molecule has 6 nitrogen and oxygen atoms in total. The van der Waals surface area contributed by atoms with Gasteiger partial charge in [0.1, 0.15) is 17.2 Å². The number of benzene rings is 4. The van der Waals surface area contributed by atoms with Crippen LogP contribution in [0, 0.1) is 0 Å². The lowest BCUT2D eigenvalue weighted by atomic mass is 9.97. The molecule has 0 aliphatic rings. The first-order valence-electron chi connectivity index (χ1n) is 11.5. The van der Waals surface area contributed by atoms with Crippen LogP contribution in [0.1, 0.15) is 33.2 Å². The lowest BCUT2D eigenvalue weighted by Crippen LogP contribution is -2.21. The molecule has 5 aromatic rings. The Balaban J connectivity index is 1.39. The monoisotopic (exact) mass is 510 g/mol. The number of esters is 1. The standard InChI is InChI=1S/C30H22O6S/c1-18(36-30(34)21-5-3-2-4-6-21)35-24-14-9-19(10-15-24)28(33)27-25-16-13-23(32)17-26(25)37-29(27)20-7-11-22(31)12-8-20/h2-18,31-32H,1H3. The van der Waals surface area contributed by atoms with Crippen LogP contribution in [-0.2, 0) is 4.74 Å². The zero-order chi connectivity index (χ0) is 25.9. The van der Waals surface area contributed by atoms with E-state index in [1.54, 1.807) is 97.9 Å². The quantitative estimate of drug-likeness (QED) is 0.142. The summed E-state index contributed by atoms with van der Waals surface area (Å²) in [5.41, 5.74) is 2.19. The average molecular weight is 511 g/mol. The highest BCUT2D eigenvalue weighted by Crippen LogP contribution is 2.41. The van der Waals surface area contributed by atoms with Crippen molar-refractivity contribution in [1.29, 1.82) is 0 Å². The fourth-order valence-corrected chi connectivity index (χ4v) is 5.20. The van der Waals surface area contributed by atoms with Crippen molar-refractivity contribution >= 4 is 33.2 Å². The van der Waals surface area contributed by atoms with E-state index in [0.717, 1.165) is 20.5 Å². The minimum Gasteiger partial charge on any atom is -0.508 e. The highest BCUT2D eigenvalue weighted by molar-refractivity contribution is 7.22. The van der Waals surface area contributed by atoms with Crippen molar-refractivity contribution in [2.45, 2.75) is 13.2 Å². The molecule has 184 valence electrons. The number of rotatable bonds is 7. The Labute approximate surface area is 217 Å². The molecule has 1 atom stereocenters. The molecular formula is C30H22O6S. The van der Waals surface area contributed by atoms with Gasteiger partial charge in [-0.05, 0) is 84.4 Å². The number of phenols is 2. The molecule has 0 aliphatic carbocycles. The third kappa shape index (κ3) is 5.17. The van der Waals surface area contributed by atoms with E-state index in [9.17, 15) is 19.8 Å². The Morgan fingerprint density at radius 1 is 0.784 bits per heavy atom. The van der Waals surface area contributed by atoms with Gasteiger partial charge in [0.15, 0.2) is 5.78 Å². The summed E-state index contributed by atoms with van der Waals surface area (Å²) in [6.45, 7) is 1.62. The SMILES string of the molecule is CC(OC(=O)c1ccccc1)Oc1ccc(C(=O)c2c(-c3ccc(O)cc3)sc3cc(O)ccc23)cc1. The summed E-state index contributed by atoms with van der Waals surface area (Å²) in [6, 6.07) is 26.9. The van der Waals surface area contributed by atoms with Gasteiger partial charge < -0.3 is 19.7 Å². The summed E-state index contributed by atoms with van der Waals surface area (Å²) in [5, 5.41) is 20.4. The van der Waals surface area contributed by atoms with Crippen LogP contribution in [0.2, 0.25) is 0 Å². The van der Waals surface area contributed by atoms with E-state index in [-0.39, 0.29) is 17.3 Å². The Morgan fingerprint density at radius 3 is 2.16 bits per heavy atom. The average Bonchev–Trinajstić information content (AvgIpc) is 3.28. The Bertz CT molecular complexity index is 1570. The van der Waals surface area contributed by atoms with Crippen LogP contribution in [0.3, 0.4) is 0 Å². The van der Waals surface area contributed by atoms with Crippen molar-refractivity contribution in [3.05, 3.63) is 114 Å². The van der Waals surface area contributed by atoms with Crippen LogP contribution >= 0.6 is 11.3 Å². The van der Waals surface area contributed by atoms with Gasteiger partial charge in [-0.1, -0.05) is 18.2 Å². The van der Waals surface area contributed by atoms with E-state index in [1.165, 1.54) is 11.3 Å². The normalized spacial score (nSPS) is 11.7.